The first-order chi connectivity index (χ1) is 17.5. The smallest absolute Gasteiger partial charge is 0.408 e. The number of aryl methyl sites for hydroxylation is 1. The zero-order valence-corrected chi connectivity index (χ0v) is 23.1. The molecule has 0 radical (unpaired) electrons. The van der Waals surface area contributed by atoms with E-state index in [9.17, 15) is 14.4 Å². The molecule has 2 aromatic rings. The Kier molecular flexibility index (Phi) is 11.0. The van der Waals surface area contributed by atoms with E-state index in [2.05, 4.69) is 17.6 Å². The lowest BCUT2D eigenvalue weighted by atomic mass is 10.00. The number of nitrogens with one attached hydrogen (secondary N) is 2. The quantitative estimate of drug-likeness (QED) is 0.416. The van der Waals surface area contributed by atoms with Gasteiger partial charge in [0.2, 0.25) is 5.91 Å². The SMILES string of the molecule is CCCCN(C(=O)C(C)NC(=O)OC(C)(C)C)C(C(=O)Nc1ccc(OC)cc1)c1ccc(CC)cc1. The minimum Gasteiger partial charge on any atom is -0.497 e. The molecule has 0 fully saturated rings. The Balaban J connectivity index is 2.41. The summed E-state index contributed by atoms with van der Waals surface area (Å²) in [5.41, 5.74) is 1.71. The van der Waals surface area contributed by atoms with Crippen LogP contribution < -0.4 is 15.4 Å². The molecule has 37 heavy (non-hydrogen) atoms. The number of carbonyl (C=O) groups is 3. The Labute approximate surface area is 220 Å². The average Bonchev–Trinajstić information content (AvgIpc) is 2.85. The van der Waals surface area contributed by atoms with E-state index in [0.717, 1.165) is 18.4 Å². The number of hydrogen-bond acceptors (Lipinski definition) is 5. The van der Waals surface area contributed by atoms with Crippen LogP contribution in [0.25, 0.3) is 0 Å². The van der Waals surface area contributed by atoms with Gasteiger partial charge < -0.3 is 25.0 Å². The third-order valence-corrected chi connectivity index (χ3v) is 5.76. The molecular weight excluding hydrogens is 470 g/mol. The number of hydrogen-bond donors (Lipinski definition) is 2. The second kappa shape index (κ2) is 13.7. The van der Waals surface area contributed by atoms with Gasteiger partial charge in [0, 0.05) is 12.2 Å². The van der Waals surface area contributed by atoms with E-state index < -0.39 is 23.8 Å². The van der Waals surface area contributed by atoms with Gasteiger partial charge in [0.25, 0.3) is 5.91 Å². The van der Waals surface area contributed by atoms with E-state index in [4.69, 9.17) is 9.47 Å². The van der Waals surface area contributed by atoms with Crippen molar-refractivity contribution in [3.8, 4) is 5.75 Å². The number of anilines is 1. The van der Waals surface area contributed by atoms with E-state index >= 15 is 0 Å². The molecular formula is C29H41N3O5. The predicted octanol–water partition coefficient (Wildman–Crippen LogP) is 5.48. The second-order valence-corrected chi connectivity index (χ2v) is 9.97. The van der Waals surface area contributed by atoms with Crippen LogP contribution in [0.15, 0.2) is 48.5 Å². The molecule has 202 valence electrons. The van der Waals surface area contributed by atoms with E-state index in [1.807, 2.05) is 31.2 Å². The van der Waals surface area contributed by atoms with Gasteiger partial charge >= 0.3 is 6.09 Å². The number of alkyl carbamates (subject to hydrolysis) is 1. The van der Waals surface area contributed by atoms with Gasteiger partial charge in [0.1, 0.15) is 23.4 Å². The Morgan fingerprint density at radius 3 is 2.11 bits per heavy atom. The van der Waals surface area contributed by atoms with Gasteiger partial charge in [0.05, 0.1) is 7.11 Å². The Morgan fingerprint density at radius 1 is 0.973 bits per heavy atom. The number of rotatable bonds is 11. The van der Waals surface area contributed by atoms with Crippen molar-refractivity contribution in [2.75, 3.05) is 19.0 Å². The van der Waals surface area contributed by atoms with Gasteiger partial charge in [-0.2, -0.15) is 0 Å². The number of benzene rings is 2. The molecule has 0 bridgehead atoms. The average molecular weight is 512 g/mol. The van der Waals surface area contributed by atoms with Crippen LogP contribution in [-0.4, -0.2) is 48.1 Å². The lowest BCUT2D eigenvalue weighted by Gasteiger charge is -2.33. The predicted molar refractivity (Wildman–Crippen MR) is 146 cm³/mol. The molecule has 0 heterocycles. The first-order valence-electron chi connectivity index (χ1n) is 12.8. The number of carbonyl (C=O) groups excluding carboxylic acids is 3. The zero-order valence-electron chi connectivity index (χ0n) is 23.1. The minimum atomic E-state index is -0.894. The molecule has 0 aromatic heterocycles. The summed E-state index contributed by atoms with van der Waals surface area (Å²) >= 11 is 0. The number of methoxy groups -OCH3 is 1. The topological polar surface area (TPSA) is 97.0 Å². The molecule has 8 heteroatoms. The van der Waals surface area contributed by atoms with Gasteiger partial charge in [-0.25, -0.2) is 4.79 Å². The van der Waals surface area contributed by atoms with Crippen molar-refractivity contribution in [3.63, 3.8) is 0 Å². The van der Waals surface area contributed by atoms with Gasteiger partial charge in [-0.1, -0.05) is 44.5 Å². The number of nitrogens with zero attached hydrogens (tertiary/aromatic N) is 1. The first-order valence-corrected chi connectivity index (χ1v) is 12.8. The van der Waals surface area contributed by atoms with E-state index in [1.54, 1.807) is 64.0 Å². The molecule has 0 saturated carbocycles. The molecule has 2 unspecified atom stereocenters. The molecule has 8 nitrogen and oxygen atoms in total. The largest absolute Gasteiger partial charge is 0.497 e. The van der Waals surface area contributed by atoms with Gasteiger partial charge in [-0.15, -0.1) is 0 Å². The summed E-state index contributed by atoms with van der Waals surface area (Å²) in [5, 5.41) is 5.56. The molecule has 2 aromatic carbocycles. The highest BCUT2D eigenvalue weighted by Gasteiger charge is 2.34. The van der Waals surface area contributed by atoms with Crippen molar-refractivity contribution in [1.29, 1.82) is 0 Å². The molecule has 3 amide bonds. The minimum absolute atomic E-state index is 0.344. The number of unbranched alkanes of at least 4 members (excludes halogenated alkanes) is 1. The summed E-state index contributed by atoms with van der Waals surface area (Å²) in [7, 11) is 1.58. The third-order valence-electron chi connectivity index (χ3n) is 5.76. The van der Waals surface area contributed by atoms with Crippen molar-refractivity contribution in [2.45, 2.75) is 78.5 Å². The van der Waals surface area contributed by atoms with Crippen LogP contribution in [0.2, 0.25) is 0 Å². The number of ether oxygens (including phenoxy) is 2. The molecule has 0 aliphatic heterocycles. The monoisotopic (exact) mass is 511 g/mol. The van der Waals surface area contributed by atoms with Crippen molar-refractivity contribution in [3.05, 3.63) is 59.7 Å². The summed E-state index contributed by atoms with van der Waals surface area (Å²) in [6.07, 6.45) is 1.71. The van der Waals surface area contributed by atoms with Crippen LogP contribution in [0, 0.1) is 0 Å². The van der Waals surface area contributed by atoms with Gasteiger partial charge in [-0.3, -0.25) is 9.59 Å². The van der Waals surface area contributed by atoms with Crippen molar-refractivity contribution in [2.24, 2.45) is 0 Å². The first kappa shape index (κ1) is 29.7. The third kappa shape index (κ3) is 9.12. The highest BCUT2D eigenvalue weighted by atomic mass is 16.6. The van der Waals surface area contributed by atoms with Crippen LogP contribution in [-0.2, 0) is 20.7 Å². The molecule has 0 aliphatic rings. The summed E-state index contributed by atoms with van der Waals surface area (Å²) in [6.45, 7) is 11.3. The summed E-state index contributed by atoms with van der Waals surface area (Å²) in [6, 6.07) is 12.9. The van der Waals surface area contributed by atoms with E-state index in [0.29, 0.717) is 30.0 Å². The molecule has 0 saturated heterocycles. The molecule has 2 atom stereocenters. The summed E-state index contributed by atoms with van der Waals surface area (Å²) in [4.78, 5) is 41.3. The second-order valence-electron chi connectivity index (χ2n) is 9.97. The summed E-state index contributed by atoms with van der Waals surface area (Å²) in [5.74, 6) is -0.0383. The zero-order chi connectivity index (χ0) is 27.6. The summed E-state index contributed by atoms with van der Waals surface area (Å²) < 4.78 is 10.5. The fourth-order valence-corrected chi connectivity index (χ4v) is 3.78. The van der Waals surface area contributed by atoms with Crippen molar-refractivity contribution in [1.82, 2.24) is 10.2 Å². The van der Waals surface area contributed by atoms with Crippen molar-refractivity contribution < 1.29 is 23.9 Å². The standard InChI is InChI=1S/C29H41N3O5/c1-8-10-19-32(27(34)20(3)30-28(35)37-29(4,5)6)25(22-13-11-21(9-2)12-14-22)26(33)31-23-15-17-24(36-7)18-16-23/h11-18,20,25H,8-10,19H2,1-7H3,(H,30,35)(H,31,33). The Bertz CT molecular complexity index is 1030. The van der Waals surface area contributed by atoms with Crippen LogP contribution in [0.5, 0.6) is 5.75 Å². The Morgan fingerprint density at radius 2 is 1.59 bits per heavy atom. The fourth-order valence-electron chi connectivity index (χ4n) is 3.78. The molecule has 2 rings (SSSR count). The molecule has 0 aliphatic carbocycles. The maximum absolute atomic E-state index is 13.7. The normalized spacial score (nSPS) is 12.7. The maximum Gasteiger partial charge on any atom is 0.408 e. The molecule has 2 N–H and O–H groups in total. The van der Waals surface area contributed by atoms with Crippen LogP contribution in [0.4, 0.5) is 10.5 Å². The Hall–Kier alpha value is -3.55. The van der Waals surface area contributed by atoms with Gasteiger partial charge in [-0.05, 0) is 75.9 Å². The van der Waals surface area contributed by atoms with Crippen LogP contribution >= 0.6 is 0 Å². The highest BCUT2D eigenvalue weighted by molar-refractivity contribution is 5.99. The van der Waals surface area contributed by atoms with E-state index in [-0.39, 0.29) is 11.8 Å². The lowest BCUT2D eigenvalue weighted by Crippen LogP contribution is -2.51. The molecule has 0 spiro atoms. The van der Waals surface area contributed by atoms with Crippen molar-refractivity contribution >= 4 is 23.6 Å². The number of amides is 3. The fraction of sp³-hybridized carbons (Fsp3) is 0.483. The maximum atomic E-state index is 13.7. The lowest BCUT2D eigenvalue weighted by molar-refractivity contribution is -0.140. The van der Waals surface area contributed by atoms with E-state index in [1.165, 1.54) is 0 Å². The highest BCUT2D eigenvalue weighted by Crippen LogP contribution is 2.26. The van der Waals surface area contributed by atoms with Gasteiger partial charge in [0.15, 0.2) is 0 Å². The van der Waals surface area contributed by atoms with Crippen LogP contribution in [0.3, 0.4) is 0 Å². The van der Waals surface area contributed by atoms with Crippen LogP contribution in [0.1, 0.15) is 71.6 Å².